The molecule has 126 valence electrons. The standard InChI is InChI=1S/C19H17N3O2S/c1-24-14-6-5-12-3-2-4-16-17(15(12)11-14)25-19(22-16)18(23)21-13-7-9-20-10-8-13/h5-11H,2-4H2,1H3,(H,20,21,23). The summed E-state index contributed by atoms with van der Waals surface area (Å²) in [5.74, 6) is 0.636. The van der Waals surface area contributed by atoms with E-state index >= 15 is 0 Å². The lowest BCUT2D eigenvalue weighted by molar-refractivity contribution is 0.102. The Morgan fingerprint density at radius 2 is 2.04 bits per heavy atom. The number of aryl methyl sites for hydroxylation is 2. The van der Waals surface area contributed by atoms with Crippen LogP contribution in [0, 0.1) is 0 Å². The van der Waals surface area contributed by atoms with Crippen LogP contribution in [0.1, 0.15) is 27.5 Å². The first kappa shape index (κ1) is 15.8. The SMILES string of the molecule is COc1ccc2c(c1)-c1sc(C(=O)Nc3ccncc3)nc1CCC2. The normalized spacial score (nSPS) is 12.7. The zero-order valence-electron chi connectivity index (χ0n) is 13.8. The second-order valence-corrected chi connectivity index (χ2v) is 6.86. The van der Waals surface area contributed by atoms with Gasteiger partial charge in [0, 0.05) is 23.6 Å². The van der Waals surface area contributed by atoms with Crippen molar-refractivity contribution in [1.29, 1.82) is 0 Å². The van der Waals surface area contributed by atoms with E-state index in [4.69, 9.17) is 4.74 Å². The Bertz CT molecular complexity index is 922. The number of anilines is 1. The summed E-state index contributed by atoms with van der Waals surface area (Å²) in [5.41, 5.74) is 4.13. The van der Waals surface area contributed by atoms with Gasteiger partial charge in [0.25, 0.3) is 5.91 Å². The highest BCUT2D eigenvalue weighted by Gasteiger charge is 2.22. The van der Waals surface area contributed by atoms with E-state index in [1.54, 1.807) is 31.6 Å². The van der Waals surface area contributed by atoms with Crippen molar-refractivity contribution in [1.82, 2.24) is 9.97 Å². The average molecular weight is 351 g/mol. The maximum absolute atomic E-state index is 12.5. The maximum Gasteiger partial charge on any atom is 0.284 e. The van der Waals surface area contributed by atoms with Crippen LogP contribution in [0.2, 0.25) is 0 Å². The zero-order chi connectivity index (χ0) is 17.2. The molecule has 25 heavy (non-hydrogen) atoms. The first-order chi connectivity index (χ1) is 12.2. The van der Waals surface area contributed by atoms with Gasteiger partial charge in [0.1, 0.15) is 5.75 Å². The lowest BCUT2D eigenvalue weighted by Crippen LogP contribution is -2.11. The molecule has 1 aliphatic rings. The number of amides is 1. The van der Waals surface area contributed by atoms with Crippen LogP contribution >= 0.6 is 11.3 Å². The third-order valence-electron chi connectivity index (χ3n) is 4.25. The van der Waals surface area contributed by atoms with E-state index < -0.39 is 0 Å². The molecule has 6 heteroatoms. The number of nitrogens with one attached hydrogen (secondary N) is 1. The fourth-order valence-corrected chi connectivity index (χ4v) is 4.07. The summed E-state index contributed by atoms with van der Waals surface area (Å²) in [5, 5.41) is 3.36. The van der Waals surface area contributed by atoms with Gasteiger partial charge in [-0.1, -0.05) is 6.07 Å². The van der Waals surface area contributed by atoms with Crippen LogP contribution in [0.4, 0.5) is 5.69 Å². The molecule has 2 aromatic heterocycles. The number of hydrogen-bond donors (Lipinski definition) is 1. The Morgan fingerprint density at radius 3 is 2.84 bits per heavy atom. The van der Waals surface area contributed by atoms with Crippen molar-refractivity contribution >= 4 is 22.9 Å². The van der Waals surface area contributed by atoms with E-state index in [0.29, 0.717) is 10.7 Å². The minimum atomic E-state index is -0.186. The van der Waals surface area contributed by atoms with Gasteiger partial charge in [0.05, 0.1) is 17.7 Å². The number of fused-ring (bicyclic) bond motifs is 3. The molecule has 4 rings (SSSR count). The molecule has 1 N–H and O–H groups in total. The van der Waals surface area contributed by atoms with Crippen LogP contribution in [0.3, 0.4) is 0 Å². The van der Waals surface area contributed by atoms with Gasteiger partial charge >= 0.3 is 0 Å². The number of hydrogen-bond acceptors (Lipinski definition) is 5. The quantitative estimate of drug-likeness (QED) is 0.776. The van der Waals surface area contributed by atoms with E-state index in [1.807, 2.05) is 12.1 Å². The largest absolute Gasteiger partial charge is 0.497 e. The molecule has 0 bridgehead atoms. The van der Waals surface area contributed by atoms with Gasteiger partial charge in [-0.15, -0.1) is 11.3 Å². The molecule has 2 heterocycles. The third-order valence-corrected chi connectivity index (χ3v) is 5.38. The predicted octanol–water partition coefficient (Wildman–Crippen LogP) is 3.95. The number of pyridine rings is 1. The first-order valence-electron chi connectivity index (χ1n) is 8.13. The van der Waals surface area contributed by atoms with Crippen LogP contribution in [0.15, 0.2) is 42.7 Å². The molecule has 3 aromatic rings. The monoisotopic (exact) mass is 351 g/mol. The average Bonchev–Trinajstić information content (AvgIpc) is 2.99. The second kappa shape index (κ2) is 6.64. The number of carbonyl (C=O) groups excluding carboxylic acids is 1. The number of nitrogens with zero attached hydrogens (tertiary/aromatic N) is 2. The lowest BCUT2D eigenvalue weighted by atomic mass is 10.0. The highest BCUT2D eigenvalue weighted by Crippen LogP contribution is 2.38. The van der Waals surface area contributed by atoms with Crippen molar-refractivity contribution in [3.8, 4) is 16.2 Å². The number of rotatable bonds is 3. The van der Waals surface area contributed by atoms with Crippen molar-refractivity contribution in [3.63, 3.8) is 0 Å². The van der Waals surface area contributed by atoms with E-state index in [0.717, 1.165) is 41.1 Å². The smallest absolute Gasteiger partial charge is 0.284 e. The Kier molecular flexibility index (Phi) is 4.19. The number of ether oxygens (including phenoxy) is 1. The molecule has 5 nitrogen and oxygen atoms in total. The summed E-state index contributed by atoms with van der Waals surface area (Å²) in [7, 11) is 1.67. The summed E-state index contributed by atoms with van der Waals surface area (Å²) in [6, 6.07) is 9.66. The Labute approximate surface area is 149 Å². The number of aromatic nitrogens is 2. The van der Waals surface area contributed by atoms with Crippen LogP contribution in [-0.2, 0) is 12.8 Å². The van der Waals surface area contributed by atoms with E-state index in [2.05, 4.69) is 21.4 Å². The Balaban J connectivity index is 1.70. The Hall–Kier alpha value is -2.73. The molecule has 1 amide bonds. The highest BCUT2D eigenvalue weighted by molar-refractivity contribution is 7.17. The molecule has 1 aromatic carbocycles. The molecular formula is C19H17N3O2S. The maximum atomic E-state index is 12.5. The van der Waals surface area contributed by atoms with Crippen LogP contribution in [-0.4, -0.2) is 23.0 Å². The number of methoxy groups -OCH3 is 1. The number of thiazole rings is 1. The van der Waals surface area contributed by atoms with Gasteiger partial charge in [-0.3, -0.25) is 9.78 Å². The summed E-state index contributed by atoms with van der Waals surface area (Å²) < 4.78 is 5.37. The number of carbonyl (C=O) groups is 1. The van der Waals surface area contributed by atoms with Gasteiger partial charge in [0.2, 0.25) is 0 Å². The van der Waals surface area contributed by atoms with E-state index in [9.17, 15) is 4.79 Å². The second-order valence-electron chi connectivity index (χ2n) is 5.86. The molecule has 0 atom stereocenters. The van der Waals surface area contributed by atoms with E-state index in [-0.39, 0.29) is 5.91 Å². The van der Waals surface area contributed by atoms with Crippen LogP contribution in [0.25, 0.3) is 10.4 Å². The molecular weight excluding hydrogens is 334 g/mol. The first-order valence-corrected chi connectivity index (χ1v) is 8.94. The molecule has 0 spiro atoms. The van der Waals surface area contributed by atoms with Crippen molar-refractivity contribution < 1.29 is 9.53 Å². The van der Waals surface area contributed by atoms with E-state index in [1.165, 1.54) is 16.9 Å². The minimum absolute atomic E-state index is 0.186. The molecule has 0 fully saturated rings. The fraction of sp³-hybridized carbons (Fsp3) is 0.211. The topological polar surface area (TPSA) is 64.1 Å². The van der Waals surface area contributed by atoms with Gasteiger partial charge in [-0.05, 0) is 49.1 Å². The summed E-state index contributed by atoms with van der Waals surface area (Å²) in [6.07, 6.45) is 6.22. The minimum Gasteiger partial charge on any atom is -0.497 e. The number of benzene rings is 1. The molecule has 0 unspecified atom stereocenters. The van der Waals surface area contributed by atoms with Crippen LogP contribution < -0.4 is 10.1 Å². The molecule has 0 aliphatic heterocycles. The van der Waals surface area contributed by atoms with Gasteiger partial charge in [0.15, 0.2) is 5.01 Å². The molecule has 0 radical (unpaired) electrons. The zero-order valence-corrected chi connectivity index (χ0v) is 14.6. The van der Waals surface area contributed by atoms with Crippen molar-refractivity contribution in [2.45, 2.75) is 19.3 Å². The highest BCUT2D eigenvalue weighted by atomic mass is 32.1. The van der Waals surface area contributed by atoms with Gasteiger partial charge in [-0.2, -0.15) is 0 Å². The van der Waals surface area contributed by atoms with Gasteiger partial charge < -0.3 is 10.1 Å². The fourth-order valence-electron chi connectivity index (χ4n) is 3.01. The summed E-state index contributed by atoms with van der Waals surface area (Å²) in [6.45, 7) is 0. The van der Waals surface area contributed by atoms with Crippen molar-refractivity contribution in [3.05, 3.63) is 59.0 Å². The molecule has 0 saturated heterocycles. The van der Waals surface area contributed by atoms with Crippen molar-refractivity contribution in [2.24, 2.45) is 0 Å². The molecule has 0 saturated carbocycles. The molecule has 1 aliphatic carbocycles. The summed E-state index contributed by atoms with van der Waals surface area (Å²) >= 11 is 1.44. The Morgan fingerprint density at radius 1 is 1.20 bits per heavy atom. The lowest BCUT2D eigenvalue weighted by Gasteiger charge is -2.08. The van der Waals surface area contributed by atoms with Crippen molar-refractivity contribution in [2.75, 3.05) is 12.4 Å². The van der Waals surface area contributed by atoms with Gasteiger partial charge in [-0.25, -0.2) is 4.98 Å². The van der Waals surface area contributed by atoms with Crippen LogP contribution in [0.5, 0.6) is 5.75 Å². The third kappa shape index (κ3) is 3.13. The predicted molar refractivity (Wildman–Crippen MR) is 98.3 cm³/mol. The summed E-state index contributed by atoms with van der Waals surface area (Å²) in [4.78, 5) is 22.2.